The van der Waals surface area contributed by atoms with Crippen molar-refractivity contribution in [2.75, 3.05) is 36.2 Å². The molecule has 0 aromatic rings. The molecule has 0 unspecified atom stereocenters. The zero-order valence-corrected chi connectivity index (χ0v) is 16.8. The molecule has 0 heterocycles. The highest BCUT2D eigenvalue weighted by molar-refractivity contribution is 8.02. The molecule has 0 fully saturated rings. The van der Waals surface area contributed by atoms with Crippen molar-refractivity contribution in [2.45, 2.75) is 66.2 Å². The zero-order valence-electron chi connectivity index (χ0n) is 15.2. The van der Waals surface area contributed by atoms with Gasteiger partial charge in [-0.3, -0.25) is 0 Å². The van der Waals surface area contributed by atoms with Gasteiger partial charge in [-0.15, -0.1) is 0 Å². The smallest absolute Gasteiger partial charge is 0.0431 e. The van der Waals surface area contributed by atoms with E-state index in [0.717, 1.165) is 25.7 Å². The predicted octanol–water partition coefficient (Wildman–Crippen LogP) is 4.83. The van der Waals surface area contributed by atoms with Gasteiger partial charge >= 0.3 is 0 Å². The Morgan fingerprint density at radius 1 is 0.591 bits per heavy atom. The van der Waals surface area contributed by atoms with Crippen molar-refractivity contribution >= 4 is 23.5 Å². The summed E-state index contributed by atoms with van der Waals surface area (Å²) >= 11 is 4.14. The molecular formula is C18H38O2S2. The predicted molar refractivity (Wildman–Crippen MR) is 104 cm³/mol. The van der Waals surface area contributed by atoms with E-state index in [2.05, 4.69) is 51.2 Å². The SMILES string of the molecule is CC(C)(CCCO)CCSCCSCCC(C)(C)CCCO. The molecular weight excluding hydrogens is 312 g/mol. The lowest BCUT2D eigenvalue weighted by Crippen LogP contribution is -2.14. The number of aliphatic hydroxyl groups is 2. The molecule has 0 amide bonds. The van der Waals surface area contributed by atoms with Crippen LogP contribution in [-0.2, 0) is 0 Å². The highest BCUT2D eigenvalue weighted by Gasteiger charge is 2.17. The van der Waals surface area contributed by atoms with Crippen LogP contribution in [0.3, 0.4) is 0 Å². The molecule has 0 spiro atoms. The number of hydrogen-bond acceptors (Lipinski definition) is 4. The highest BCUT2D eigenvalue weighted by atomic mass is 32.2. The van der Waals surface area contributed by atoms with Gasteiger partial charge < -0.3 is 10.2 Å². The lowest BCUT2D eigenvalue weighted by Gasteiger charge is -2.24. The number of aliphatic hydroxyl groups excluding tert-OH is 2. The summed E-state index contributed by atoms with van der Waals surface area (Å²) in [5.74, 6) is 4.97. The Bertz CT molecular complexity index is 229. The lowest BCUT2D eigenvalue weighted by atomic mass is 9.85. The standard InChI is InChI=1S/C18H38O2S2/c1-17(2,7-5-11-19)9-13-21-15-16-22-14-10-18(3,4)8-6-12-20/h19-20H,5-16H2,1-4H3. The van der Waals surface area contributed by atoms with Gasteiger partial charge in [-0.1, -0.05) is 27.7 Å². The zero-order chi connectivity index (χ0) is 16.9. The third-order valence-corrected chi connectivity index (χ3v) is 6.47. The quantitative estimate of drug-likeness (QED) is 0.415. The van der Waals surface area contributed by atoms with Gasteiger partial charge in [-0.25, -0.2) is 0 Å². The molecule has 0 aliphatic carbocycles. The molecule has 0 bridgehead atoms. The van der Waals surface area contributed by atoms with Crippen LogP contribution in [0.4, 0.5) is 0 Å². The van der Waals surface area contributed by atoms with E-state index in [4.69, 9.17) is 10.2 Å². The minimum Gasteiger partial charge on any atom is -0.396 e. The first-order valence-corrected chi connectivity index (χ1v) is 11.0. The van der Waals surface area contributed by atoms with Crippen molar-refractivity contribution in [1.29, 1.82) is 0 Å². The third-order valence-electron chi connectivity index (χ3n) is 4.24. The number of thioether (sulfide) groups is 2. The molecule has 0 saturated carbocycles. The van der Waals surface area contributed by atoms with E-state index in [-0.39, 0.29) is 0 Å². The molecule has 0 aliphatic rings. The van der Waals surface area contributed by atoms with E-state index < -0.39 is 0 Å². The second-order valence-corrected chi connectivity index (χ2v) is 10.2. The van der Waals surface area contributed by atoms with E-state index >= 15 is 0 Å². The first kappa shape index (κ1) is 22.6. The Labute approximate surface area is 147 Å². The normalized spacial score (nSPS) is 12.8. The molecule has 134 valence electrons. The molecule has 2 N–H and O–H groups in total. The van der Waals surface area contributed by atoms with Crippen molar-refractivity contribution in [2.24, 2.45) is 10.8 Å². The fraction of sp³-hybridized carbons (Fsp3) is 1.00. The Morgan fingerprint density at radius 3 is 1.27 bits per heavy atom. The van der Waals surface area contributed by atoms with E-state index in [1.165, 1.54) is 35.9 Å². The van der Waals surface area contributed by atoms with Gasteiger partial charge in [0.2, 0.25) is 0 Å². The summed E-state index contributed by atoms with van der Waals surface area (Å²) in [5, 5.41) is 17.8. The molecule has 0 aromatic heterocycles. The lowest BCUT2D eigenvalue weighted by molar-refractivity contribution is 0.238. The maximum Gasteiger partial charge on any atom is 0.0431 e. The molecule has 0 aromatic carbocycles. The summed E-state index contributed by atoms with van der Waals surface area (Å²) in [4.78, 5) is 0. The average Bonchev–Trinajstić information content (AvgIpc) is 2.46. The van der Waals surface area contributed by atoms with Crippen molar-refractivity contribution in [1.82, 2.24) is 0 Å². The second kappa shape index (κ2) is 13.0. The van der Waals surface area contributed by atoms with Gasteiger partial charge in [-0.05, 0) is 60.9 Å². The van der Waals surface area contributed by atoms with Gasteiger partial charge in [0.1, 0.15) is 0 Å². The van der Waals surface area contributed by atoms with E-state index in [1.54, 1.807) is 0 Å². The Hall–Kier alpha value is 0.620. The number of hydrogen-bond donors (Lipinski definition) is 2. The van der Waals surface area contributed by atoms with Crippen molar-refractivity contribution in [3.8, 4) is 0 Å². The Balaban J connectivity index is 3.47. The molecule has 22 heavy (non-hydrogen) atoms. The number of rotatable bonds is 15. The third kappa shape index (κ3) is 14.2. The fourth-order valence-corrected chi connectivity index (χ4v) is 5.13. The van der Waals surface area contributed by atoms with E-state index in [9.17, 15) is 0 Å². The first-order valence-electron chi connectivity index (χ1n) is 8.70. The van der Waals surface area contributed by atoms with Crippen LogP contribution in [0.25, 0.3) is 0 Å². The topological polar surface area (TPSA) is 40.5 Å². The van der Waals surface area contributed by atoms with Crippen LogP contribution < -0.4 is 0 Å². The molecule has 0 atom stereocenters. The average molecular weight is 351 g/mol. The van der Waals surface area contributed by atoms with Gasteiger partial charge in [0, 0.05) is 24.7 Å². The van der Waals surface area contributed by atoms with Gasteiger partial charge in [-0.2, -0.15) is 23.5 Å². The largest absolute Gasteiger partial charge is 0.396 e. The van der Waals surface area contributed by atoms with Crippen LogP contribution in [0.2, 0.25) is 0 Å². The first-order chi connectivity index (χ1) is 10.3. The van der Waals surface area contributed by atoms with Crippen LogP contribution in [-0.4, -0.2) is 46.4 Å². The van der Waals surface area contributed by atoms with Crippen LogP contribution in [0.15, 0.2) is 0 Å². The van der Waals surface area contributed by atoms with E-state index in [1.807, 2.05) is 0 Å². The maximum atomic E-state index is 8.91. The van der Waals surface area contributed by atoms with E-state index in [0.29, 0.717) is 24.0 Å². The van der Waals surface area contributed by atoms with Gasteiger partial charge in [0.15, 0.2) is 0 Å². The molecule has 0 aliphatic heterocycles. The molecule has 4 heteroatoms. The molecule has 2 nitrogen and oxygen atoms in total. The monoisotopic (exact) mass is 350 g/mol. The van der Waals surface area contributed by atoms with Crippen LogP contribution >= 0.6 is 23.5 Å². The minimum absolute atomic E-state index is 0.321. The summed E-state index contributed by atoms with van der Waals surface area (Å²) in [6, 6.07) is 0. The van der Waals surface area contributed by atoms with Gasteiger partial charge in [0.25, 0.3) is 0 Å². The summed E-state index contributed by atoms with van der Waals surface area (Å²) in [5.41, 5.74) is 0.749. The van der Waals surface area contributed by atoms with Crippen molar-refractivity contribution < 1.29 is 10.2 Å². The summed E-state index contributed by atoms with van der Waals surface area (Å²) < 4.78 is 0. The van der Waals surface area contributed by atoms with Gasteiger partial charge in [0.05, 0.1) is 0 Å². The maximum absolute atomic E-state index is 8.91. The Morgan fingerprint density at radius 2 is 0.955 bits per heavy atom. The molecule has 0 rings (SSSR count). The van der Waals surface area contributed by atoms with Crippen LogP contribution in [0.1, 0.15) is 66.2 Å². The Kier molecular flexibility index (Phi) is 13.3. The minimum atomic E-state index is 0.321. The second-order valence-electron chi connectivity index (χ2n) is 7.71. The van der Waals surface area contributed by atoms with Crippen molar-refractivity contribution in [3.05, 3.63) is 0 Å². The summed E-state index contributed by atoms with van der Waals surface area (Å²) in [6.07, 6.45) is 6.61. The fourth-order valence-electron chi connectivity index (χ4n) is 2.38. The van der Waals surface area contributed by atoms with Crippen LogP contribution in [0.5, 0.6) is 0 Å². The summed E-state index contributed by atoms with van der Waals surface area (Å²) in [6.45, 7) is 9.89. The van der Waals surface area contributed by atoms with Crippen LogP contribution in [0, 0.1) is 10.8 Å². The highest BCUT2D eigenvalue weighted by Crippen LogP contribution is 2.30. The van der Waals surface area contributed by atoms with Crippen molar-refractivity contribution in [3.63, 3.8) is 0 Å². The summed E-state index contributed by atoms with van der Waals surface area (Å²) in [7, 11) is 0. The molecule has 0 radical (unpaired) electrons. The molecule has 0 saturated heterocycles.